The van der Waals surface area contributed by atoms with Crippen LogP contribution in [0.25, 0.3) is 0 Å². The highest BCUT2D eigenvalue weighted by molar-refractivity contribution is 6.17. The first-order valence-corrected chi connectivity index (χ1v) is 6.08. The number of alkyl halides is 1. The van der Waals surface area contributed by atoms with E-state index in [-0.39, 0.29) is 0 Å². The van der Waals surface area contributed by atoms with Crippen LogP contribution in [0.15, 0.2) is 0 Å². The lowest BCUT2D eigenvalue weighted by Crippen LogP contribution is -2.22. The predicted octanol–water partition coefficient (Wildman–Crippen LogP) is 2.11. The summed E-state index contributed by atoms with van der Waals surface area (Å²) in [4.78, 5) is 0. The van der Waals surface area contributed by atoms with Gasteiger partial charge in [0.25, 0.3) is 0 Å². The Morgan fingerprint density at radius 3 is 2.50 bits per heavy atom. The molecule has 0 spiro atoms. The monoisotopic (exact) mass is 208 g/mol. The van der Waals surface area contributed by atoms with E-state index < -0.39 is 0 Å². The van der Waals surface area contributed by atoms with Gasteiger partial charge in [-0.25, -0.2) is 0 Å². The Morgan fingerprint density at radius 2 is 2.08 bits per heavy atom. The Labute approximate surface area is 84.4 Å². The van der Waals surface area contributed by atoms with Crippen molar-refractivity contribution >= 4 is 22.1 Å². The average Bonchev–Trinajstić information content (AvgIpc) is 2.02. The molecule has 0 N–H and O–H groups in total. The van der Waals surface area contributed by atoms with E-state index in [1.54, 1.807) is 0 Å². The molecule has 0 aromatic heterocycles. The Balaban J connectivity index is 3.80. The highest BCUT2D eigenvalue weighted by atomic mass is 35.5. The summed E-state index contributed by atoms with van der Waals surface area (Å²) < 4.78 is 5.35. The molecule has 0 saturated carbocycles. The summed E-state index contributed by atoms with van der Waals surface area (Å²) in [7, 11) is 0.853. The van der Waals surface area contributed by atoms with Crippen molar-refractivity contribution in [3.8, 4) is 0 Å². The zero-order valence-corrected chi connectivity index (χ0v) is 11.3. The topological polar surface area (TPSA) is 9.23 Å². The van der Waals surface area contributed by atoms with Crippen LogP contribution in [0.4, 0.5) is 0 Å². The molecule has 0 aromatic rings. The van der Waals surface area contributed by atoms with Crippen molar-refractivity contribution in [2.45, 2.75) is 39.5 Å². The van der Waals surface area contributed by atoms with Gasteiger partial charge in [0.2, 0.25) is 0 Å². The van der Waals surface area contributed by atoms with Gasteiger partial charge in [0.15, 0.2) is 0 Å². The Bertz CT molecular complexity index is 103. The largest absolute Gasteiger partial charge is 0.427 e. The summed E-state index contributed by atoms with van der Waals surface area (Å²) >= 11 is 5.68. The minimum absolute atomic E-state index is 0.380. The van der Waals surface area contributed by atoms with Crippen molar-refractivity contribution in [1.29, 1.82) is 0 Å². The van der Waals surface area contributed by atoms with Gasteiger partial charge in [0.1, 0.15) is 10.5 Å². The van der Waals surface area contributed by atoms with Gasteiger partial charge in [-0.05, 0) is 24.7 Å². The molecule has 0 fully saturated rings. The smallest absolute Gasteiger partial charge is 0.145 e. The Hall–Kier alpha value is 0.467. The minimum atomic E-state index is 0.380. The molecule has 12 heavy (non-hydrogen) atoms. The summed E-state index contributed by atoms with van der Waals surface area (Å²) in [6.07, 6.45) is 4.81. The van der Waals surface area contributed by atoms with Gasteiger partial charge < -0.3 is 4.43 Å². The molecule has 1 unspecified atom stereocenters. The molecule has 0 bridgehead atoms. The molecule has 0 amide bonds. The van der Waals surface area contributed by atoms with Gasteiger partial charge >= 0.3 is 0 Å². The summed E-state index contributed by atoms with van der Waals surface area (Å²) in [6.45, 7) is 5.46. The van der Waals surface area contributed by atoms with Crippen molar-refractivity contribution < 1.29 is 4.43 Å². The van der Waals surface area contributed by atoms with Gasteiger partial charge in [0, 0.05) is 12.5 Å². The molecule has 74 valence electrons. The third-order valence-corrected chi connectivity index (χ3v) is 2.82. The zero-order valence-electron chi connectivity index (χ0n) is 8.53. The second-order valence-electron chi connectivity index (χ2n) is 3.79. The van der Waals surface area contributed by atoms with E-state index in [4.69, 9.17) is 16.0 Å². The molecular weight excluding hydrogens is 188 g/mol. The van der Waals surface area contributed by atoms with Crippen LogP contribution in [-0.4, -0.2) is 23.0 Å². The molecule has 1 nitrogen and oxygen atoms in total. The molecule has 3 heteroatoms. The third kappa shape index (κ3) is 5.17. The van der Waals surface area contributed by atoms with Crippen LogP contribution in [0.2, 0.25) is 0 Å². The van der Waals surface area contributed by atoms with E-state index in [1.165, 1.54) is 19.3 Å². The van der Waals surface area contributed by atoms with Crippen molar-refractivity contribution in [3.05, 3.63) is 0 Å². The van der Waals surface area contributed by atoms with Crippen LogP contribution in [-0.2, 0) is 4.43 Å². The maximum absolute atomic E-state index is 5.68. The second kappa shape index (κ2) is 6.93. The first kappa shape index (κ1) is 12.5. The van der Waals surface area contributed by atoms with Crippen molar-refractivity contribution in [3.63, 3.8) is 0 Å². The zero-order chi connectivity index (χ0) is 9.45. The molecule has 0 heterocycles. The van der Waals surface area contributed by atoms with Crippen LogP contribution in [0.3, 0.4) is 0 Å². The lowest BCUT2D eigenvalue weighted by Gasteiger charge is -2.28. The fourth-order valence-electron chi connectivity index (χ4n) is 1.71. The fourth-order valence-corrected chi connectivity index (χ4v) is 2.55. The minimum Gasteiger partial charge on any atom is -0.427 e. The molecule has 0 aromatic carbocycles. The maximum Gasteiger partial charge on any atom is 0.145 e. The van der Waals surface area contributed by atoms with E-state index >= 15 is 0 Å². The van der Waals surface area contributed by atoms with E-state index in [2.05, 4.69) is 13.8 Å². The number of hydrogen-bond donors (Lipinski definition) is 0. The maximum atomic E-state index is 5.68. The predicted molar refractivity (Wildman–Crippen MR) is 58.9 cm³/mol. The normalized spacial score (nSPS) is 16.2. The fraction of sp³-hybridized carbons (Fsp3) is 1.00. The van der Waals surface area contributed by atoms with Gasteiger partial charge in [-0.2, -0.15) is 0 Å². The van der Waals surface area contributed by atoms with Crippen molar-refractivity contribution in [1.82, 2.24) is 0 Å². The van der Waals surface area contributed by atoms with Crippen LogP contribution >= 0.6 is 11.6 Å². The number of hydrogen-bond acceptors (Lipinski definition) is 1. The molecule has 1 atom stereocenters. The van der Waals surface area contributed by atoms with Crippen LogP contribution in [0, 0.1) is 5.41 Å². The van der Waals surface area contributed by atoms with E-state index in [1.807, 2.05) is 0 Å². The standard InChI is InChI=1S/C9H21ClOSi/c1-3-5-9(2,8-11-12)6-4-7-10/h3-8H2,1-2,12H3. The number of rotatable bonds is 7. The molecular formula is C9H21ClOSi. The highest BCUT2D eigenvalue weighted by Gasteiger charge is 2.21. The molecule has 0 aliphatic rings. The summed E-state index contributed by atoms with van der Waals surface area (Å²) in [5.41, 5.74) is 0.380. The lowest BCUT2D eigenvalue weighted by atomic mass is 9.82. The summed E-state index contributed by atoms with van der Waals surface area (Å²) in [6, 6.07) is 0. The van der Waals surface area contributed by atoms with E-state index in [9.17, 15) is 0 Å². The average molecular weight is 209 g/mol. The highest BCUT2D eigenvalue weighted by Crippen LogP contribution is 2.29. The van der Waals surface area contributed by atoms with Crippen molar-refractivity contribution in [2.24, 2.45) is 5.41 Å². The quantitative estimate of drug-likeness (QED) is 0.460. The SMILES string of the molecule is CCCC(C)(CCCCl)CO[SiH3]. The molecule has 0 rings (SSSR count). The van der Waals surface area contributed by atoms with Crippen LogP contribution in [0.5, 0.6) is 0 Å². The van der Waals surface area contributed by atoms with Crippen molar-refractivity contribution in [2.75, 3.05) is 12.5 Å². The summed E-state index contributed by atoms with van der Waals surface area (Å²) in [5.74, 6) is 0.778. The first-order valence-electron chi connectivity index (χ1n) is 4.73. The number of halogens is 1. The van der Waals surface area contributed by atoms with Gasteiger partial charge in [-0.1, -0.05) is 20.3 Å². The van der Waals surface area contributed by atoms with Crippen LogP contribution in [0.1, 0.15) is 39.5 Å². The van der Waals surface area contributed by atoms with E-state index in [0.717, 1.165) is 29.4 Å². The molecule has 0 aliphatic heterocycles. The van der Waals surface area contributed by atoms with E-state index in [0.29, 0.717) is 5.41 Å². The molecule has 0 radical (unpaired) electrons. The Kier molecular flexibility index (Phi) is 7.20. The third-order valence-electron chi connectivity index (χ3n) is 2.26. The van der Waals surface area contributed by atoms with Gasteiger partial charge in [0.05, 0.1) is 0 Å². The first-order chi connectivity index (χ1) is 5.68. The van der Waals surface area contributed by atoms with Crippen LogP contribution < -0.4 is 0 Å². The summed E-state index contributed by atoms with van der Waals surface area (Å²) in [5, 5.41) is 0. The van der Waals surface area contributed by atoms with Gasteiger partial charge in [-0.3, -0.25) is 0 Å². The second-order valence-corrected chi connectivity index (χ2v) is 4.74. The molecule has 0 aliphatic carbocycles. The molecule has 0 saturated heterocycles. The van der Waals surface area contributed by atoms with Gasteiger partial charge in [-0.15, -0.1) is 11.6 Å². The Morgan fingerprint density at radius 1 is 1.42 bits per heavy atom. The lowest BCUT2D eigenvalue weighted by molar-refractivity contribution is 0.148.